The Morgan fingerprint density at radius 3 is 1.42 bits per heavy atom. The van der Waals surface area contributed by atoms with Crippen LogP contribution in [0.4, 0.5) is 35.4 Å². The SMILES string of the molecule is F.Fc1[c-]c(F)c2c(F)c(F)c(F)c(F)c2c1F.[Zn]. The minimum Gasteiger partial charge on any atom is -0.281 e. The van der Waals surface area contributed by atoms with E-state index in [9.17, 15) is 30.7 Å². The molecule has 0 nitrogen and oxygen atoms in total. The van der Waals surface area contributed by atoms with Gasteiger partial charge in [-0.2, -0.15) is 0 Å². The molecule has 0 aliphatic carbocycles. The smallest absolute Gasteiger partial charge is 0.194 e. The molecule has 100 valence electrons. The van der Waals surface area contributed by atoms with Gasteiger partial charge in [-0.1, -0.05) is 0 Å². The first kappa shape index (κ1) is 17.8. The Morgan fingerprint density at radius 1 is 0.526 bits per heavy atom. The summed E-state index contributed by atoms with van der Waals surface area (Å²) < 4.78 is 90.4. The predicted octanol–water partition coefficient (Wildman–Crippen LogP) is 3.76. The Kier molecular flexibility index (Phi) is 5.44. The third-order valence-electron chi connectivity index (χ3n) is 2.12. The van der Waals surface area contributed by atoms with Crippen LogP contribution in [0.1, 0.15) is 0 Å². The van der Waals surface area contributed by atoms with Gasteiger partial charge in [0.15, 0.2) is 11.6 Å². The van der Waals surface area contributed by atoms with E-state index in [2.05, 4.69) is 0 Å². The van der Waals surface area contributed by atoms with E-state index in [1.807, 2.05) is 0 Å². The summed E-state index contributed by atoms with van der Waals surface area (Å²) >= 11 is 0. The Labute approximate surface area is 113 Å². The molecular formula is C10HF8Zn-. The van der Waals surface area contributed by atoms with Crippen LogP contribution in [0.5, 0.6) is 0 Å². The Morgan fingerprint density at radius 2 is 0.947 bits per heavy atom. The Bertz CT molecular complexity index is 640. The third-order valence-corrected chi connectivity index (χ3v) is 2.12. The quantitative estimate of drug-likeness (QED) is 0.226. The van der Waals surface area contributed by atoms with E-state index >= 15 is 0 Å². The van der Waals surface area contributed by atoms with Crippen LogP contribution >= 0.6 is 0 Å². The normalized spacial score (nSPS) is 10.1. The first-order chi connectivity index (χ1) is 7.86. The molecule has 0 unspecified atom stereocenters. The van der Waals surface area contributed by atoms with Crippen LogP contribution in [0.2, 0.25) is 0 Å². The van der Waals surface area contributed by atoms with Crippen molar-refractivity contribution in [2.75, 3.05) is 0 Å². The summed E-state index contributed by atoms with van der Waals surface area (Å²) in [4.78, 5) is 0. The van der Waals surface area contributed by atoms with E-state index in [1.54, 1.807) is 0 Å². The van der Waals surface area contributed by atoms with Gasteiger partial charge in [0.25, 0.3) is 0 Å². The maximum Gasteiger partial charge on any atom is 0.194 e. The van der Waals surface area contributed by atoms with Crippen molar-refractivity contribution < 1.29 is 54.9 Å². The van der Waals surface area contributed by atoms with Gasteiger partial charge in [-0.15, -0.1) is 6.07 Å². The van der Waals surface area contributed by atoms with Crippen molar-refractivity contribution in [2.24, 2.45) is 0 Å². The van der Waals surface area contributed by atoms with E-state index in [0.717, 1.165) is 6.07 Å². The number of hydrogen-bond donors (Lipinski definition) is 0. The van der Waals surface area contributed by atoms with Crippen LogP contribution in [0, 0.1) is 46.8 Å². The second kappa shape index (κ2) is 5.82. The van der Waals surface area contributed by atoms with E-state index in [0.29, 0.717) is 0 Å². The summed E-state index contributed by atoms with van der Waals surface area (Å²) in [5.41, 5.74) is 0. The standard InChI is InChI=1S/C10F7.FH.Zn/c11-2-1-3(12)6(13)5-4(2)7(14)9(16)10(17)8(5)15;;/h;1H;/q-1;;. The molecule has 2 aromatic carbocycles. The second-order valence-electron chi connectivity index (χ2n) is 3.07. The van der Waals surface area contributed by atoms with Crippen molar-refractivity contribution in [3.05, 3.63) is 46.8 Å². The molecule has 0 fully saturated rings. The second-order valence-corrected chi connectivity index (χ2v) is 3.07. The number of hydrogen-bond acceptors (Lipinski definition) is 0. The molecule has 2 aromatic rings. The van der Waals surface area contributed by atoms with Crippen molar-refractivity contribution in [2.45, 2.75) is 0 Å². The average molecular weight is 338 g/mol. The number of fused-ring (bicyclic) bond motifs is 1. The molecule has 0 N–H and O–H groups in total. The fourth-order valence-electron chi connectivity index (χ4n) is 1.37. The van der Waals surface area contributed by atoms with Crippen molar-refractivity contribution in [3.63, 3.8) is 0 Å². The summed E-state index contributed by atoms with van der Waals surface area (Å²) in [5, 5.41) is -3.16. The van der Waals surface area contributed by atoms with Gasteiger partial charge in [-0.25, -0.2) is 26.3 Å². The number of halogens is 8. The molecule has 0 saturated heterocycles. The van der Waals surface area contributed by atoms with E-state index in [4.69, 9.17) is 0 Å². The molecule has 9 heteroatoms. The first-order valence-electron chi connectivity index (χ1n) is 4.07. The van der Waals surface area contributed by atoms with Gasteiger partial charge in [0.1, 0.15) is 11.6 Å². The number of benzene rings is 2. The van der Waals surface area contributed by atoms with Crippen LogP contribution in [-0.2, 0) is 19.5 Å². The van der Waals surface area contributed by atoms with Crippen LogP contribution in [0.3, 0.4) is 0 Å². The molecule has 0 saturated carbocycles. The van der Waals surface area contributed by atoms with Gasteiger partial charge in [0.05, 0.1) is 5.82 Å². The van der Waals surface area contributed by atoms with Crippen molar-refractivity contribution in [3.8, 4) is 0 Å². The van der Waals surface area contributed by atoms with Gasteiger partial charge >= 0.3 is 0 Å². The zero-order valence-corrected chi connectivity index (χ0v) is 11.7. The molecule has 2 rings (SSSR count). The minimum atomic E-state index is -2.35. The van der Waals surface area contributed by atoms with Crippen LogP contribution in [0.15, 0.2) is 0 Å². The largest absolute Gasteiger partial charge is 0.281 e. The average Bonchev–Trinajstić information content (AvgIpc) is 2.28. The summed E-state index contributed by atoms with van der Waals surface area (Å²) in [6, 6.07) is 1.09. The maximum absolute atomic E-state index is 13.1. The molecule has 0 amide bonds. The fraction of sp³-hybridized carbons (Fsp3) is 0. The third kappa shape index (κ3) is 2.43. The van der Waals surface area contributed by atoms with Gasteiger partial charge in [-0.05, 0) is 10.8 Å². The summed E-state index contributed by atoms with van der Waals surface area (Å²) in [5.74, 6) is -14.9. The van der Waals surface area contributed by atoms with E-state index in [1.165, 1.54) is 0 Å². The number of rotatable bonds is 0. The molecule has 0 bridgehead atoms. The van der Waals surface area contributed by atoms with Crippen LogP contribution in [0.25, 0.3) is 10.8 Å². The molecule has 0 heterocycles. The molecular weight excluding hydrogens is 337 g/mol. The zero-order valence-electron chi connectivity index (χ0n) is 8.76. The first-order valence-corrected chi connectivity index (χ1v) is 4.07. The summed E-state index contributed by atoms with van der Waals surface area (Å²) in [7, 11) is 0. The van der Waals surface area contributed by atoms with E-state index < -0.39 is 51.5 Å². The molecule has 0 aliphatic rings. The van der Waals surface area contributed by atoms with Gasteiger partial charge in [0, 0.05) is 31.1 Å². The van der Waals surface area contributed by atoms with Crippen molar-refractivity contribution in [1.29, 1.82) is 0 Å². The van der Waals surface area contributed by atoms with Crippen LogP contribution < -0.4 is 0 Å². The summed E-state index contributed by atoms with van der Waals surface area (Å²) in [6.45, 7) is 0. The fourth-order valence-corrected chi connectivity index (χ4v) is 1.37. The predicted molar refractivity (Wildman–Crippen MR) is 45.0 cm³/mol. The molecule has 0 aromatic heterocycles. The molecule has 0 atom stereocenters. The molecule has 19 heavy (non-hydrogen) atoms. The minimum absolute atomic E-state index is 0. The van der Waals surface area contributed by atoms with Gasteiger partial charge in [0.2, 0.25) is 0 Å². The topological polar surface area (TPSA) is 0 Å². The van der Waals surface area contributed by atoms with E-state index in [-0.39, 0.29) is 24.2 Å². The molecule has 0 aliphatic heterocycles. The van der Waals surface area contributed by atoms with Crippen LogP contribution in [-0.4, -0.2) is 0 Å². The zero-order chi connectivity index (χ0) is 12.9. The molecule has 0 spiro atoms. The monoisotopic (exact) mass is 337 g/mol. The Balaban J connectivity index is 0.00000162. The van der Waals surface area contributed by atoms with Gasteiger partial charge < -0.3 is 0 Å². The molecule has 0 radical (unpaired) electrons. The van der Waals surface area contributed by atoms with Crippen molar-refractivity contribution >= 4 is 10.8 Å². The van der Waals surface area contributed by atoms with Gasteiger partial charge in [-0.3, -0.25) is 9.09 Å². The summed E-state index contributed by atoms with van der Waals surface area (Å²) in [6.07, 6.45) is 0. The maximum atomic E-state index is 13.1. The van der Waals surface area contributed by atoms with Crippen molar-refractivity contribution in [1.82, 2.24) is 0 Å². The Hall–Kier alpha value is -1.24.